The molecule has 1 aliphatic heterocycles. The molecule has 0 bridgehead atoms. The van der Waals surface area contributed by atoms with Crippen molar-refractivity contribution >= 4 is 0 Å². The lowest BCUT2D eigenvalue weighted by atomic mass is 9.94. The fourth-order valence-electron chi connectivity index (χ4n) is 2.09. The van der Waals surface area contributed by atoms with Gasteiger partial charge >= 0.3 is 0 Å². The summed E-state index contributed by atoms with van der Waals surface area (Å²) in [6, 6.07) is 4.75. The van der Waals surface area contributed by atoms with Crippen molar-refractivity contribution < 1.29 is 13.9 Å². The van der Waals surface area contributed by atoms with Crippen molar-refractivity contribution in [2.75, 3.05) is 20.2 Å². The first kappa shape index (κ1) is 12.2. The van der Waals surface area contributed by atoms with Gasteiger partial charge in [-0.3, -0.25) is 0 Å². The van der Waals surface area contributed by atoms with Gasteiger partial charge in [0.05, 0.1) is 7.11 Å². The summed E-state index contributed by atoms with van der Waals surface area (Å²) in [4.78, 5) is 0. The molecule has 2 rings (SSSR count). The number of halogens is 1. The van der Waals surface area contributed by atoms with Crippen molar-refractivity contribution in [3.05, 3.63) is 24.0 Å². The van der Waals surface area contributed by atoms with E-state index in [2.05, 4.69) is 12.2 Å². The lowest BCUT2D eigenvalue weighted by Crippen LogP contribution is -2.43. The summed E-state index contributed by atoms with van der Waals surface area (Å²) in [7, 11) is 1.45. The molecule has 0 aliphatic carbocycles. The van der Waals surface area contributed by atoms with Gasteiger partial charge in [0.15, 0.2) is 17.3 Å². The quantitative estimate of drug-likeness (QED) is 0.878. The Morgan fingerprint density at radius 2 is 2.00 bits per heavy atom. The highest BCUT2D eigenvalue weighted by Gasteiger charge is 2.30. The van der Waals surface area contributed by atoms with Gasteiger partial charge in [0, 0.05) is 0 Å². The number of benzene rings is 1. The molecule has 94 valence electrons. The van der Waals surface area contributed by atoms with E-state index in [1.807, 2.05) is 0 Å². The zero-order valence-corrected chi connectivity index (χ0v) is 10.3. The predicted octanol–water partition coefficient (Wildman–Crippen LogP) is 2.36. The van der Waals surface area contributed by atoms with Crippen molar-refractivity contribution in [3.63, 3.8) is 0 Å². The van der Waals surface area contributed by atoms with Crippen LogP contribution >= 0.6 is 0 Å². The molecule has 1 aromatic rings. The van der Waals surface area contributed by atoms with Gasteiger partial charge in [0.1, 0.15) is 5.60 Å². The van der Waals surface area contributed by atoms with Crippen molar-refractivity contribution in [3.8, 4) is 11.5 Å². The molecule has 0 unspecified atom stereocenters. The van der Waals surface area contributed by atoms with Crippen LogP contribution in [0.1, 0.15) is 19.8 Å². The highest BCUT2D eigenvalue weighted by atomic mass is 19.1. The summed E-state index contributed by atoms with van der Waals surface area (Å²) in [5, 5.41) is 3.28. The molecule has 1 fully saturated rings. The molecule has 0 radical (unpaired) electrons. The molecule has 1 aliphatic rings. The maximum absolute atomic E-state index is 13.5. The van der Waals surface area contributed by atoms with E-state index in [1.54, 1.807) is 12.1 Å². The number of hydrogen-bond acceptors (Lipinski definition) is 3. The van der Waals surface area contributed by atoms with Crippen LogP contribution in [0.2, 0.25) is 0 Å². The fraction of sp³-hybridized carbons (Fsp3) is 0.538. The third-order valence-electron chi connectivity index (χ3n) is 3.15. The van der Waals surface area contributed by atoms with Gasteiger partial charge in [-0.15, -0.1) is 0 Å². The lowest BCUT2D eigenvalue weighted by molar-refractivity contribution is 0.0521. The van der Waals surface area contributed by atoms with Crippen molar-refractivity contribution in [1.82, 2.24) is 5.32 Å². The van der Waals surface area contributed by atoms with Gasteiger partial charge in [-0.05, 0) is 45.0 Å². The molecule has 1 aromatic carbocycles. The second kappa shape index (κ2) is 4.92. The zero-order valence-electron chi connectivity index (χ0n) is 10.3. The van der Waals surface area contributed by atoms with E-state index in [4.69, 9.17) is 9.47 Å². The lowest BCUT2D eigenvalue weighted by Gasteiger charge is -2.35. The molecule has 1 heterocycles. The smallest absolute Gasteiger partial charge is 0.196 e. The predicted molar refractivity (Wildman–Crippen MR) is 64.1 cm³/mol. The summed E-state index contributed by atoms with van der Waals surface area (Å²) in [6.45, 7) is 3.90. The molecule has 3 nitrogen and oxygen atoms in total. The second-order valence-electron chi connectivity index (χ2n) is 4.57. The molecule has 17 heavy (non-hydrogen) atoms. The maximum atomic E-state index is 13.5. The molecule has 0 amide bonds. The summed E-state index contributed by atoms with van der Waals surface area (Å²) in [6.07, 6.45) is 1.82. The van der Waals surface area contributed by atoms with Crippen LogP contribution in [0.3, 0.4) is 0 Å². The second-order valence-corrected chi connectivity index (χ2v) is 4.57. The molecule has 1 saturated heterocycles. The van der Waals surface area contributed by atoms with Crippen molar-refractivity contribution in [2.45, 2.75) is 25.4 Å². The third-order valence-corrected chi connectivity index (χ3v) is 3.15. The van der Waals surface area contributed by atoms with Crippen LogP contribution in [-0.4, -0.2) is 25.8 Å². The normalized spacial score (nSPS) is 18.8. The molecule has 0 aromatic heterocycles. The van der Waals surface area contributed by atoms with Gasteiger partial charge in [-0.25, -0.2) is 4.39 Å². The van der Waals surface area contributed by atoms with E-state index in [0.717, 1.165) is 25.9 Å². The monoisotopic (exact) mass is 239 g/mol. The average molecular weight is 239 g/mol. The third kappa shape index (κ3) is 2.69. The van der Waals surface area contributed by atoms with E-state index in [0.29, 0.717) is 5.75 Å². The number of ether oxygens (including phenoxy) is 2. The Hall–Kier alpha value is -1.29. The Balaban J connectivity index is 2.20. The van der Waals surface area contributed by atoms with Gasteiger partial charge in [-0.1, -0.05) is 6.07 Å². The van der Waals surface area contributed by atoms with Crippen LogP contribution in [0.25, 0.3) is 0 Å². The summed E-state index contributed by atoms with van der Waals surface area (Å²) in [5.74, 6) is 0.284. The Morgan fingerprint density at radius 3 is 2.65 bits per heavy atom. The van der Waals surface area contributed by atoms with Crippen molar-refractivity contribution in [1.29, 1.82) is 0 Å². The first-order valence-electron chi connectivity index (χ1n) is 5.87. The first-order chi connectivity index (χ1) is 8.14. The Bertz CT molecular complexity index is 389. The largest absolute Gasteiger partial charge is 0.490 e. The molecule has 4 heteroatoms. The van der Waals surface area contributed by atoms with E-state index in [9.17, 15) is 4.39 Å². The zero-order chi connectivity index (χ0) is 12.3. The summed E-state index contributed by atoms with van der Waals surface area (Å²) in [5.41, 5.74) is -0.244. The minimum Gasteiger partial charge on any atom is -0.490 e. The van der Waals surface area contributed by atoms with E-state index < -0.39 is 0 Å². The van der Waals surface area contributed by atoms with Gasteiger partial charge in [-0.2, -0.15) is 0 Å². The van der Waals surface area contributed by atoms with E-state index in [-0.39, 0.29) is 17.2 Å². The number of nitrogens with one attached hydrogen (secondary N) is 1. The van der Waals surface area contributed by atoms with Gasteiger partial charge in [0.25, 0.3) is 0 Å². The number of para-hydroxylation sites is 1. The minimum atomic E-state index is -0.387. The first-order valence-corrected chi connectivity index (χ1v) is 5.87. The number of methoxy groups -OCH3 is 1. The van der Waals surface area contributed by atoms with Crippen LogP contribution in [0.15, 0.2) is 18.2 Å². The van der Waals surface area contributed by atoms with Gasteiger partial charge in [0.2, 0.25) is 0 Å². The van der Waals surface area contributed by atoms with Crippen LogP contribution in [-0.2, 0) is 0 Å². The highest BCUT2D eigenvalue weighted by molar-refractivity contribution is 5.41. The topological polar surface area (TPSA) is 30.5 Å². The number of piperidine rings is 1. The highest BCUT2D eigenvalue weighted by Crippen LogP contribution is 2.34. The van der Waals surface area contributed by atoms with Crippen LogP contribution in [0.5, 0.6) is 11.5 Å². The summed E-state index contributed by atoms with van der Waals surface area (Å²) < 4.78 is 24.5. The van der Waals surface area contributed by atoms with Crippen LogP contribution in [0.4, 0.5) is 4.39 Å². The van der Waals surface area contributed by atoms with Crippen molar-refractivity contribution in [2.24, 2.45) is 0 Å². The standard InChI is InChI=1S/C13H18FNO2/c1-13(6-8-15-9-7-13)17-11-5-3-4-10(14)12(11)16-2/h3-5,15H,6-9H2,1-2H3. The molecular weight excluding hydrogens is 221 g/mol. The average Bonchev–Trinajstić information content (AvgIpc) is 2.30. The molecule has 0 spiro atoms. The molecule has 0 saturated carbocycles. The SMILES string of the molecule is COc1c(F)cccc1OC1(C)CCNCC1. The molecule has 0 atom stereocenters. The van der Waals surface area contributed by atoms with Crippen LogP contribution < -0.4 is 14.8 Å². The number of rotatable bonds is 3. The molecule has 1 N–H and O–H groups in total. The Labute approximate surface area is 101 Å². The Kier molecular flexibility index (Phi) is 3.52. The van der Waals surface area contributed by atoms with E-state index in [1.165, 1.54) is 13.2 Å². The van der Waals surface area contributed by atoms with Crippen LogP contribution in [0, 0.1) is 5.82 Å². The van der Waals surface area contributed by atoms with E-state index >= 15 is 0 Å². The van der Waals surface area contributed by atoms with Gasteiger partial charge < -0.3 is 14.8 Å². The fourth-order valence-corrected chi connectivity index (χ4v) is 2.09. The number of hydrogen-bond donors (Lipinski definition) is 1. The summed E-state index contributed by atoms with van der Waals surface area (Å²) >= 11 is 0. The maximum Gasteiger partial charge on any atom is 0.196 e. The minimum absolute atomic E-state index is 0.187. The molecular formula is C13H18FNO2. The Morgan fingerprint density at radius 1 is 1.29 bits per heavy atom.